The zero-order valence-electron chi connectivity index (χ0n) is 36.9. The van der Waals surface area contributed by atoms with E-state index in [1.807, 2.05) is 23.5 Å². The first kappa shape index (κ1) is 38.1. The van der Waals surface area contributed by atoms with Crippen molar-refractivity contribution in [1.82, 2.24) is 0 Å². The van der Waals surface area contributed by atoms with Crippen LogP contribution >= 0.6 is 11.3 Å². The van der Waals surface area contributed by atoms with E-state index in [0.717, 1.165) is 72.1 Å². The van der Waals surface area contributed by atoms with E-state index in [4.69, 9.17) is 8.83 Å². The number of rotatable bonds is 6. The minimum atomic E-state index is -0.153. The summed E-state index contributed by atoms with van der Waals surface area (Å²) in [6, 6.07) is 76.9. The van der Waals surface area contributed by atoms with Crippen molar-refractivity contribution in [2.24, 2.45) is 0 Å². The summed E-state index contributed by atoms with van der Waals surface area (Å²) < 4.78 is 16.4. The number of hydrogen-bond acceptors (Lipinski definition) is 4. The van der Waals surface area contributed by atoms with Crippen molar-refractivity contribution < 1.29 is 8.83 Å². The zero-order chi connectivity index (χ0) is 44.4. The van der Waals surface area contributed by atoms with Crippen molar-refractivity contribution in [3.05, 3.63) is 223 Å². The first-order chi connectivity index (χ1) is 33.0. The summed E-state index contributed by atoms with van der Waals surface area (Å²) in [5, 5.41) is 6.81. The Morgan fingerprint density at radius 1 is 0.388 bits per heavy atom. The van der Waals surface area contributed by atoms with Crippen LogP contribution in [0.5, 0.6) is 0 Å². The third kappa shape index (κ3) is 5.76. The summed E-state index contributed by atoms with van der Waals surface area (Å²) in [5.74, 6) is 0. The summed E-state index contributed by atoms with van der Waals surface area (Å²) in [4.78, 5) is 2.39. The van der Waals surface area contributed by atoms with Crippen LogP contribution in [0.2, 0.25) is 0 Å². The van der Waals surface area contributed by atoms with Gasteiger partial charge >= 0.3 is 0 Å². The Balaban J connectivity index is 0.950. The number of thiophene rings is 1. The molecule has 0 spiro atoms. The maximum Gasteiger partial charge on any atom is 0.144 e. The molecule has 0 saturated carbocycles. The highest BCUT2D eigenvalue weighted by Gasteiger charge is 2.36. The van der Waals surface area contributed by atoms with Gasteiger partial charge in [0.2, 0.25) is 0 Å². The van der Waals surface area contributed by atoms with E-state index in [-0.39, 0.29) is 5.41 Å². The van der Waals surface area contributed by atoms with Crippen LogP contribution < -0.4 is 4.90 Å². The second-order valence-corrected chi connectivity index (χ2v) is 19.4. The molecule has 14 rings (SSSR count). The van der Waals surface area contributed by atoms with Gasteiger partial charge in [-0.05, 0) is 105 Å². The molecule has 1 aliphatic carbocycles. The van der Waals surface area contributed by atoms with E-state index in [2.05, 4.69) is 219 Å². The van der Waals surface area contributed by atoms with E-state index >= 15 is 0 Å². The molecule has 3 heterocycles. The molecule has 0 amide bonds. The van der Waals surface area contributed by atoms with Crippen LogP contribution in [0.3, 0.4) is 0 Å². The first-order valence-corrected chi connectivity index (χ1v) is 23.8. The lowest BCUT2D eigenvalue weighted by molar-refractivity contribution is 0.660. The third-order valence-electron chi connectivity index (χ3n) is 14.3. The lowest BCUT2D eigenvalue weighted by atomic mass is 9.82. The quantitative estimate of drug-likeness (QED) is 0.167. The van der Waals surface area contributed by atoms with Gasteiger partial charge in [0, 0.05) is 75.8 Å². The fraction of sp³-hybridized carbons (Fsp3) is 0.0476. The number of nitrogens with zero attached hydrogens (tertiary/aromatic N) is 1. The average molecular weight is 876 g/mol. The number of fused-ring (bicyclic) bond motifs is 12. The van der Waals surface area contributed by atoms with Gasteiger partial charge in [0.25, 0.3) is 0 Å². The van der Waals surface area contributed by atoms with Gasteiger partial charge in [-0.15, -0.1) is 11.3 Å². The summed E-state index contributed by atoms with van der Waals surface area (Å²) >= 11 is 1.87. The average Bonchev–Trinajstić information content (AvgIpc) is 4.12. The van der Waals surface area contributed by atoms with Gasteiger partial charge in [-0.3, -0.25) is 0 Å². The summed E-state index contributed by atoms with van der Waals surface area (Å²) in [7, 11) is 0. The summed E-state index contributed by atoms with van der Waals surface area (Å²) in [6.07, 6.45) is 0. The number of para-hydroxylation sites is 1. The van der Waals surface area contributed by atoms with Crippen molar-refractivity contribution in [2.45, 2.75) is 19.3 Å². The van der Waals surface area contributed by atoms with Gasteiger partial charge in [0.05, 0.1) is 0 Å². The fourth-order valence-corrected chi connectivity index (χ4v) is 12.3. The molecule has 0 aliphatic heterocycles. The van der Waals surface area contributed by atoms with E-state index in [9.17, 15) is 0 Å². The Bertz CT molecular complexity index is 4110. The molecule has 0 atom stereocenters. The Kier molecular flexibility index (Phi) is 8.20. The second kappa shape index (κ2) is 14.4. The normalized spacial score (nSPS) is 13.0. The van der Waals surface area contributed by atoms with Gasteiger partial charge < -0.3 is 13.7 Å². The van der Waals surface area contributed by atoms with E-state index in [0.29, 0.717) is 0 Å². The van der Waals surface area contributed by atoms with E-state index in [1.165, 1.54) is 64.7 Å². The SMILES string of the molecule is CC1(C)c2ccccc2-c2ccc(N(c3ccc(-c4cccc5c4sc4ccccc45)cc3)c3ccc4c(c3)oc3c(-c5ccc(-c6ccccc6)cc5)c5c(cc34)oc3ccccc35)cc21. The Hall–Kier alpha value is -8.18. The molecule has 316 valence electrons. The monoisotopic (exact) mass is 875 g/mol. The van der Waals surface area contributed by atoms with Crippen molar-refractivity contribution in [3.8, 4) is 44.5 Å². The molecular formula is C63H41NO2S. The maximum absolute atomic E-state index is 7.17. The lowest BCUT2D eigenvalue weighted by Crippen LogP contribution is -2.16. The topological polar surface area (TPSA) is 29.5 Å². The molecule has 4 heteroatoms. The van der Waals surface area contributed by atoms with Crippen LogP contribution in [-0.2, 0) is 5.41 Å². The number of anilines is 3. The highest BCUT2D eigenvalue weighted by molar-refractivity contribution is 7.26. The summed E-state index contributed by atoms with van der Waals surface area (Å²) in [6.45, 7) is 4.70. The molecule has 3 nitrogen and oxygen atoms in total. The van der Waals surface area contributed by atoms with Crippen LogP contribution in [0.15, 0.2) is 221 Å². The van der Waals surface area contributed by atoms with Gasteiger partial charge in [-0.2, -0.15) is 0 Å². The fourth-order valence-electron chi connectivity index (χ4n) is 11.0. The van der Waals surface area contributed by atoms with Crippen molar-refractivity contribution in [1.29, 1.82) is 0 Å². The van der Waals surface area contributed by atoms with E-state index in [1.54, 1.807) is 0 Å². The molecule has 0 N–H and O–H groups in total. The smallest absolute Gasteiger partial charge is 0.144 e. The Labute approximate surface area is 391 Å². The predicted molar refractivity (Wildman–Crippen MR) is 282 cm³/mol. The molecule has 0 unspecified atom stereocenters. The standard InChI is InChI=1S/C63H41NO2S/c1-63(2)53-20-9-6-15-46(53)47-33-31-43(35-54(47)63)64(42-29-27-40(28-30-42)45-18-12-19-50-49-16-8-11-22-58(49)67-62(45)50)44-32-34-48-52-37-57-60(51-17-7-10-21-55(51)65-57)59(61(52)66-56(48)36-44)41-25-23-39(24-26-41)38-13-4-3-5-14-38/h3-37H,1-2H3. The van der Waals surface area contributed by atoms with Gasteiger partial charge in [0.15, 0.2) is 0 Å². The van der Waals surface area contributed by atoms with E-state index < -0.39 is 0 Å². The van der Waals surface area contributed by atoms with Crippen LogP contribution in [0.25, 0.3) is 109 Å². The van der Waals surface area contributed by atoms with Crippen molar-refractivity contribution in [2.75, 3.05) is 4.90 Å². The molecule has 3 aromatic heterocycles. The molecule has 0 saturated heterocycles. The largest absolute Gasteiger partial charge is 0.456 e. The molecule has 13 aromatic rings. The molecule has 0 bridgehead atoms. The maximum atomic E-state index is 7.17. The first-order valence-electron chi connectivity index (χ1n) is 23.0. The molecule has 67 heavy (non-hydrogen) atoms. The number of hydrogen-bond donors (Lipinski definition) is 0. The Morgan fingerprint density at radius 3 is 1.90 bits per heavy atom. The highest BCUT2D eigenvalue weighted by atomic mass is 32.1. The number of benzene rings is 10. The van der Waals surface area contributed by atoms with Gasteiger partial charge in [-0.1, -0.05) is 166 Å². The highest BCUT2D eigenvalue weighted by Crippen LogP contribution is 2.52. The third-order valence-corrected chi connectivity index (χ3v) is 15.5. The zero-order valence-corrected chi connectivity index (χ0v) is 37.7. The molecule has 10 aromatic carbocycles. The van der Waals surface area contributed by atoms with Gasteiger partial charge in [0.1, 0.15) is 22.3 Å². The molecular weight excluding hydrogens is 835 g/mol. The lowest BCUT2D eigenvalue weighted by Gasteiger charge is -2.28. The predicted octanol–water partition coefficient (Wildman–Crippen LogP) is 18.6. The Morgan fingerprint density at radius 2 is 1.03 bits per heavy atom. The van der Waals surface area contributed by atoms with Crippen molar-refractivity contribution >= 4 is 92.4 Å². The molecule has 1 aliphatic rings. The van der Waals surface area contributed by atoms with Crippen LogP contribution in [0, 0.1) is 0 Å². The number of furan rings is 2. The van der Waals surface area contributed by atoms with Crippen LogP contribution in [0.4, 0.5) is 17.1 Å². The molecule has 0 fully saturated rings. The minimum absolute atomic E-state index is 0.153. The van der Waals surface area contributed by atoms with Crippen LogP contribution in [0.1, 0.15) is 25.0 Å². The van der Waals surface area contributed by atoms with Crippen molar-refractivity contribution in [3.63, 3.8) is 0 Å². The molecule has 0 radical (unpaired) electrons. The second-order valence-electron chi connectivity index (χ2n) is 18.4. The minimum Gasteiger partial charge on any atom is -0.456 e. The summed E-state index contributed by atoms with van der Waals surface area (Å²) in [5.41, 5.74) is 18.6. The van der Waals surface area contributed by atoms with Gasteiger partial charge in [-0.25, -0.2) is 0 Å². The van der Waals surface area contributed by atoms with Crippen LogP contribution in [-0.4, -0.2) is 0 Å².